The average Bonchev–Trinajstić information content (AvgIpc) is 2.03. The van der Waals surface area contributed by atoms with E-state index in [-0.39, 0.29) is 5.97 Å². The Labute approximate surface area is 81.5 Å². The van der Waals surface area contributed by atoms with Gasteiger partial charge in [0.1, 0.15) is 0 Å². The van der Waals surface area contributed by atoms with Crippen LogP contribution in [0.2, 0.25) is 0 Å². The third-order valence-electron chi connectivity index (χ3n) is 0.755. The SMILES string of the molecule is C=C(C)C(=O)OC.C=C(Cl)C(=O)[O-]. The molecule has 5 heteroatoms. The fourth-order valence-corrected chi connectivity index (χ4v) is 0.174. The first kappa shape index (κ1) is 14.2. The summed E-state index contributed by atoms with van der Waals surface area (Å²) in [7, 11) is 1.33. The molecule has 0 radical (unpaired) electrons. The molecule has 0 saturated heterocycles. The van der Waals surface area contributed by atoms with Crippen molar-refractivity contribution in [3.05, 3.63) is 23.8 Å². The zero-order valence-corrected chi connectivity index (χ0v) is 8.18. The summed E-state index contributed by atoms with van der Waals surface area (Å²) in [6, 6.07) is 0. The third kappa shape index (κ3) is 10.7. The molecule has 0 heterocycles. The number of halogens is 1. The van der Waals surface area contributed by atoms with Crippen molar-refractivity contribution >= 4 is 23.5 Å². The summed E-state index contributed by atoms with van der Waals surface area (Å²) < 4.78 is 4.27. The number of hydrogen-bond donors (Lipinski definition) is 0. The second kappa shape index (κ2) is 7.36. The lowest BCUT2D eigenvalue weighted by Gasteiger charge is -1.91. The molecule has 0 atom stereocenters. The first-order chi connectivity index (χ1) is 5.82. The van der Waals surface area contributed by atoms with E-state index in [1.807, 2.05) is 0 Å². The lowest BCUT2D eigenvalue weighted by molar-refractivity contribution is -0.298. The van der Waals surface area contributed by atoms with Crippen LogP contribution in [0.1, 0.15) is 6.92 Å². The van der Waals surface area contributed by atoms with Gasteiger partial charge in [0.05, 0.1) is 18.1 Å². The molecule has 0 spiro atoms. The summed E-state index contributed by atoms with van der Waals surface area (Å²) >= 11 is 4.76. The van der Waals surface area contributed by atoms with Gasteiger partial charge in [0.25, 0.3) is 0 Å². The normalized spacial score (nSPS) is 7.62. The Bertz CT molecular complexity index is 220. The summed E-state index contributed by atoms with van der Waals surface area (Å²) in [5.41, 5.74) is 0.433. The molecule has 0 aromatic heterocycles. The maximum absolute atomic E-state index is 10.2. The van der Waals surface area contributed by atoms with Crippen LogP contribution in [0, 0.1) is 0 Å². The summed E-state index contributed by atoms with van der Waals surface area (Å²) in [5, 5.41) is 8.89. The minimum atomic E-state index is -1.42. The number of carboxylic acids is 1. The summed E-state index contributed by atoms with van der Waals surface area (Å²) in [4.78, 5) is 19.5. The lowest BCUT2D eigenvalue weighted by atomic mass is 10.4. The Morgan fingerprint density at radius 3 is 1.69 bits per heavy atom. The predicted molar refractivity (Wildman–Crippen MR) is 46.8 cm³/mol. The number of aliphatic carboxylic acids is 1. The Balaban J connectivity index is 0. The summed E-state index contributed by atoms with van der Waals surface area (Å²) in [6.07, 6.45) is 0. The van der Waals surface area contributed by atoms with E-state index in [4.69, 9.17) is 11.6 Å². The van der Waals surface area contributed by atoms with Gasteiger partial charge in [-0.3, -0.25) is 0 Å². The highest BCUT2D eigenvalue weighted by Crippen LogP contribution is 1.90. The van der Waals surface area contributed by atoms with E-state index in [1.54, 1.807) is 6.92 Å². The van der Waals surface area contributed by atoms with Crippen LogP contribution in [0.25, 0.3) is 0 Å². The zero-order valence-electron chi connectivity index (χ0n) is 7.43. The number of carbonyl (C=O) groups is 2. The monoisotopic (exact) mass is 205 g/mol. The van der Waals surface area contributed by atoms with Crippen LogP contribution in [-0.4, -0.2) is 19.0 Å². The fourth-order valence-electron chi connectivity index (χ4n) is 0.174. The van der Waals surface area contributed by atoms with E-state index < -0.39 is 11.0 Å². The molecule has 13 heavy (non-hydrogen) atoms. The molecule has 0 bridgehead atoms. The second-order valence-electron chi connectivity index (χ2n) is 1.96. The Morgan fingerprint density at radius 2 is 1.69 bits per heavy atom. The Morgan fingerprint density at radius 1 is 1.38 bits per heavy atom. The molecule has 0 fully saturated rings. The number of methoxy groups -OCH3 is 1. The van der Waals surface area contributed by atoms with Crippen LogP contribution in [0.15, 0.2) is 23.8 Å². The summed E-state index contributed by atoms with van der Waals surface area (Å²) in [5.74, 6) is -1.77. The van der Waals surface area contributed by atoms with Crippen LogP contribution in [0.4, 0.5) is 0 Å². The standard InChI is InChI=1S/C5H8O2.C3H3ClO2/c1-4(2)5(6)7-3;1-2(4)3(5)6/h1H2,2-3H3;1H2,(H,5,6)/p-1. The number of hydrogen-bond acceptors (Lipinski definition) is 4. The van der Waals surface area contributed by atoms with Gasteiger partial charge in [-0.25, -0.2) is 4.79 Å². The van der Waals surface area contributed by atoms with Gasteiger partial charge in [0, 0.05) is 5.57 Å². The smallest absolute Gasteiger partial charge is 0.332 e. The first-order valence-electron chi connectivity index (χ1n) is 3.12. The van der Waals surface area contributed by atoms with E-state index in [2.05, 4.69) is 17.9 Å². The minimum absolute atomic E-state index is 0.347. The molecular weight excluding hydrogens is 196 g/mol. The number of esters is 1. The van der Waals surface area contributed by atoms with Gasteiger partial charge in [-0.1, -0.05) is 24.8 Å². The zero-order chi connectivity index (χ0) is 11.0. The van der Waals surface area contributed by atoms with Crippen molar-refractivity contribution in [2.75, 3.05) is 7.11 Å². The van der Waals surface area contributed by atoms with Crippen LogP contribution < -0.4 is 5.11 Å². The van der Waals surface area contributed by atoms with E-state index in [9.17, 15) is 14.7 Å². The topological polar surface area (TPSA) is 66.4 Å². The first-order valence-corrected chi connectivity index (χ1v) is 3.50. The van der Waals surface area contributed by atoms with Crippen LogP contribution in [-0.2, 0) is 14.3 Å². The Hall–Kier alpha value is -1.29. The molecule has 0 aliphatic rings. The number of carboxylic acid groups (broad SMARTS) is 1. The van der Waals surface area contributed by atoms with Crippen molar-refractivity contribution in [3.63, 3.8) is 0 Å². The van der Waals surface area contributed by atoms with Gasteiger partial charge in [-0.05, 0) is 6.92 Å². The van der Waals surface area contributed by atoms with Crippen molar-refractivity contribution < 1.29 is 19.4 Å². The molecule has 0 rings (SSSR count). The molecule has 0 aliphatic heterocycles. The molecule has 0 aliphatic carbocycles. The molecule has 0 unspecified atom stereocenters. The third-order valence-corrected chi connectivity index (χ3v) is 0.910. The van der Waals surface area contributed by atoms with Gasteiger partial charge >= 0.3 is 5.97 Å². The summed E-state index contributed by atoms with van der Waals surface area (Å²) in [6.45, 7) is 7.81. The quantitative estimate of drug-likeness (QED) is 0.478. The molecule has 4 nitrogen and oxygen atoms in total. The van der Waals surface area contributed by atoms with Crippen molar-refractivity contribution in [2.45, 2.75) is 6.92 Å². The van der Waals surface area contributed by atoms with Crippen LogP contribution in [0.3, 0.4) is 0 Å². The van der Waals surface area contributed by atoms with Gasteiger partial charge < -0.3 is 14.6 Å². The maximum atomic E-state index is 10.2. The van der Waals surface area contributed by atoms with Gasteiger partial charge in [-0.2, -0.15) is 0 Å². The molecule has 0 aromatic rings. The molecule has 0 N–H and O–H groups in total. The molecule has 74 valence electrons. The van der Waals surface area contributed by atoms with Gasteiger partial charge in [-0.15, -0.1) is 0 Å². The van der Waals surface area contributed by atoms with Crippen LogP contribution in [0.5, 0.6) is 0 Å². The van der Waals surface area contributed by atoms with E-state index in [0.717, 1.165) is 0 Å². The van der Waals surface area contributed by atoms with E-state index >= 15 is 0 Å². The number of rotatable bonds is 2. The largest absolute Gasteiger partial charge is 0.544 e. The van der Waals surface area contributed by atoms with Gasteiger partial charge in [0.2, 0.25) is 0 Å². The minimum Gasteiger partial charge on any atom is -0.544 e. The van der Waals surface area contributed by atoms with Gasteiger partial charge in [0.15, 0.2) is 0 Å². The van der Waals surface area contributed by atoms with E-state index in [1.165, 1.54) is 7.11 Å². The highest BCUT2D eigenvalue weighted by Gasteiger charge is 1.95. The average molecular weight is 206 g/mol. The molecular formula is C8H10ClO4-. The highest BCUT2D eigenvalue weighted by molar-refractivity contribution is 6.40. The predicted octanol–water partition coefficient (Wildman–Crippen LogP) is 0.224. The number of carbonyl (C=O) groups excluding carboxylic acids is 2. The van der Waals surface area contributed by atoms with Crippen LogP contribution >= 0.6 is 11.6 Å². The molecule has 0 saturated carbocycles. The van der Waals surface area contributed by atoms with E-state index in [0.29, 0.717) is 5.57 Å². The molecule has 0 amide bonds. The van der Waals surface area contributed by atoms with Crippen molar-refractivity contribution in [3.8, 4) is 0 Å². The van der Waals surface area contributed by atoms with Crippen molar-refractivity contribution in [2.24, 2.45) is 0 Å². The van der Waals surface area contributed by atoms with Crippen molar-refractivity contribution in [1.29, 1.82) is 0 Å². The maximum Gasteiger partial charge on any atom is 0.332 e. The van der Waals surface area contributed by atoms with Crippen molar-refractivity contribution in [1.82, 2.24) is 0 Å². The number of ether oxygens (including phenoxy) is 1. The fraction of sp³-hybridized carbons (Fsp3) is 0.250. The molecule has 0 aromatic carbocycles. The highest BCUT2D eigenvalue weighted by atomic mass is 35.5. The second-order valence-corrected chi connectivity index (χ2v) is 2.42. The lowest BCUT2D eigenvalue weighted by Crippen LogP contribution is -2.21. The Kier molecular flexibility index (Phi) is 8.07.